The van der Waals surface area contributed by atoms with Crippen LogP contribution in [0.25, 0.3) is 0 Å². The molecule has 0 radical (unpaired) electrons. The molecule has 2 N–H and O–H groups in total. The van der Waals surface area contributed by atoms with Crippen molar-refractivity contribution in [3.8, 4) is 0 Å². The molecule has 4 atom stereocenters. The summed E-state index contributed by atoms with van der Waals surface area (Å²) in [5, 5.41) is 17.3. The quantitative estimate of drug-likeness (QED) is 0.515. The monoisotopic (exact) mass is 302 g/mol. The van der Waals surface area contributed by atoms with Crippen LogP contribution in [0.4, 0.5) is 0 Å². The van der Waals surface area contributed by atoms with E-state index in [9.17, 15) is 19.2 Å². The summed E-state index contributed by atoms with van der Waals surface area (Å²) >= 11 is 0. The number of esters is 2. The first-order valence-electron chi connectivity index (χ1n) is 6.75. The van der Waals surface area contributed by atoms with Gasteiger partial charge >= 0.3 is 23.9 Å². The molecule has 0 aromatic heterocycles. The van der Waals surface area contributed by atoms with Gasteiger partial charge in [0.25, 0.3) is 0 Å². The zero-order chi connectivity index (χ0) is 16.7. The molecule has 0 amide bonds. The summed E-state index contributed by atoms with van der Waals surface area (Å²) in [7, 11) is 0. The molecule has 0 aliphatic carbocycles. The lowest BCUT2D eigenvalue weighted by atomic mass is 9.92. The lowest BCUT2D eigenvalue weighted by Gasteiger charge is -2.19. The van der Waals surface area contributed by atoms with Crippen LogP contribution in [-0.4, -0.2) is 34.1 Å². The van der Waals surface area contributed by atoms with E-state index in [4.69, 9.17) is 14.9 Å². The Bertz CT molecular complexity index is 378. The lowest BCUT2D eigenvalue weighted by Crippen LogP contribution is -2.30. The number of carbonyl (C=O) groups is 4. The summed E-state index contributed by atoms with van der Waals surface area (Å²) in [6, 6.07) is 0. The molecule has 120 valence electrons. The molecule has 0 aromatic rings. The molecule has 0 heterocycles. The van der Waals surface area contributed by atoms with Crippen molar-refractivity contribution in [1.29, 1.82) is 0 Å². The van der Waals surface area contributed by atoms with Gasteiger partial charge in [-0.1, -0.05) is 27.7 Å². The molecular formula is C14H22O7. The molecule has 0 aromatic carbocycles. The molecular weight excluding hydrogens is 280 g/mol. The van der Waals surface area contributed by atoms with Gasteiger partial charge in [-0.15, -0.1) is 0 Å². The van der Waals surface area contributed by atoms with Gasteiger partial charge in [-0.2, -0.15) is 0 Å². The third kappa shape index (κ3) is 6.87. The predicted octanol–water partition coefficient (Wildman–Crippen LogP) is 1.55. The fourth-order valence-electron chi connectivity index (χ4n) is 1.65. The highest BCUT2D eigenvalue weighted by molar-refractivity contribution is 5.88. The van der Waals surface area contributed by atoms with E-state index in [-0.39, 0.29) is 12.8 Å². The van der Waals surface area contributed by atoms with Gasteiger partial charge in [-0.05, 0) is 11.8 Å². The first-order chi connectivity index (χ1) is 9.56. The van der Waals surface area contributed by atoms with Crippen molar-refractivity contribution in [2.24, 2.45) is 23.7 Å². The van der Waals surface area contributed by atoms with E-state index in [0.29, 0.717) is 0 Å². The Morgan fingerprint density at radius 1 is 0.762 bits per heavy atom. The number of hydrogen-bond acceptors (Lipinski definition) is 5. The maximum Gasteiger partial charge on any atom is 0.316 e. The Balaban J connectivity index is 4.52. The molecule has 0 fully saturated rings. The predicted molar refractivity (Wildman–Crippen MR) is 72.3 cm³/mol. The molecule has 0 aliphatic heterocycles. The van der Waals surface area contributed by atoms with Gasteiger partial charge in [-0.25, -0.2) is 0 Å². The van der Waals surface area contributed by atoms with E-state index < -0.39 is 47.5 Å². The van der Waals surface area contributed by atoms with E-state index >= 15 is 0 Å². The zero-order valence-corrected chi connectivity index (χ0v) is 12.7. The highest BCUT2D eigenvalue weighted by Gasteiger charge is 2.29. The molecule has 7 nitrogen and oxygen atoms in total. The Kier molecular flexibility index (Phi) is 7.62. The molecule has 0 aliphatic rings. The van der Waals surface area contributed by atoms with E-state index in [0.717, 1.165) is 0 Å². The zero-order valence-electron chi connectivity index (χ0n) is 12.7. The number of carboxylic acid groups (broad SMARTS) is 2. The average molecular weight is 302 g/mol. The van der Waals surface area contributed by atoms with Gasteiger partial charge in [0, 0.05) is 12.8 Å². The van der Waals surface area contributed by atoms with Crippen LogP contribution in [0.2, 0.25) is 0 Å². The van der Waals surface area contributed by atoms with Crippen molar-refractivity contribution < 1.29 is 34.1 Å². The van der Waals surface area contributed by atoms with E-state index in [1.807, 2.05) is 0 Å². The highest BCUT2D eigenvalue weighted by atomic mass is 16.6. The van der Waals surface area contributed by atoms with Gasteiger partial charge in [0.1, 0.15) is 0 Å². The van der Waals surface area contributed by atoms with Gasteiger partial charge in [0.2, 0.25) is 0 Å². The molecule has 7 heteroatoms. The summed E-state index contributed by atoms with van der Waals surface area (Å²) in [5.74, 6) is -6.02. The van der Waals surface area contributed by atoms with Gasteiger partial charge in [0.15, 0.2) is 0 Å². The minimum atomic E-state index is -1.03. The van der Waals surface area contributed by atoms with Crippen molar-refractivity contribution in [2.45, 2.75) is 40.5 Å². The van der Waals surface area contributed by atoms with Crippen molar-refractivity contribution in [3.63, 3.8) is 0 Å². The van der Waals surface area contributed by atoms with Crippen molar-refractivity contribution in [2.75, 3.05) is 0 Å². The number of hydrogen-bond donors (Lipinski definition) is 2. The summed E-state index contributed by atoms with van der Waals surface area (Å²) < 4.78 is 4.72. The van der Waals surface area contributed by atoms with Crippen molar-refractivity contribution >= 4 is 23.9 Å². The second-order valence-electron chi connectivity index (χ2n) is 5.47. The van der Waals surface area contributed by atoms with Crippen LogP contribution >= 0.6 is 0 Å². The number of carboxylic acids is 2. The fourth-order valence-corrected chi connectivity index (χ4v) is 1.65. The van der Waals surface area contributed by atoms with E-state index in [1.54, 1.807) is 13.8 Å². The Hall–Kier alpha value is -1.92. The molecule has 0 spiro atoms. The van der Waals surface area contributed by atoms with Crippen molar-refractivity contribution in [1.82, 2.24) is 0 Å². The van der Waals surface area contributed by atoms with Crippen LogP contribution in [0.1, 0.15) is 40.5 Å². The van der Waals surface area contributed by atoms with E-state index in [2.05, 4.69) is 0 Å². The molecule has 0 saturated heterocycles. The van der Waals surface area contributed by atoms with Crippen molar-refractivity contribution in [3.05, 3.63) is 0 Å². The van der Waals surface area contributed by atoms with E-state index in [1.165, 1.54) is 13.8 Å². The molecule has 0 rings (SSSR count). The van der Waals surface area contributed by atoms with Gasteiger partial charge in [-0.3, -0.25) is 19.2 Å². The molecule has 0 saturated carbocycles. The summed E-state index contributed by atoms with van der Waals surface area (Å²) in [6.45, 7) is 6.16. The van der Waals surface area contributed by atoms with Crippen LogP contribution in [0.3, 0.4) is 0 Å². The lowest BCUT2D eigenvalue weighted by molar-refractivity contribution is -0.167. The first kappa shape index (κ1) is 19.1. The fraction of sp³-hybridized carbons (Fsp3) is 0.714. The maximum atomic E-state index is 11.8. The summed E-state index contributed by atoms with van der Waals surface area (Å²) in [5.41, 5.74) is 0. The highest BCUT2D eigenvalue weighted by Crippen LogP contribution is 2.20. The van der Waals surface area contributed by atoms with Crippen LogP contribution < -0.4 is 0 Å². The third-order valence-electron chi connectivity index (χ3n) is 3.65. The van der Waals surface area contributed by atoms with Crippen LogP contribution in [-0.2, 0) is 23.9 Å². The third-order valence-corrected chi connectivity index (χ3v) is 3.65. The molecule has 21 heavy (non-hydrogen) atoms. The molecule has 4 unspecified atom stereocenters. The normalized spacial score (nSPS) is 16.4. The Morgan fingerprint density at radius 3 is 1.29 bits per heavy atom. The smallest absolute Gasteiger partial charge is 0.316 e. The standard InChI is InChI=1S/C14H22O7/c1-7(5-11(15)16)9(3)13(19)21-14(20)10(4)8(2)6-12(17)18/h7-10H,5-6H2,1-4H3,(H,15,16)(H,17,18). The van der Waals surface area contributed by atoms with Crippen LogP contribution in [0, 0.1) is 23.7 Å². The molecule has 0 bridgehead atoms. The number of ether oxygens (including phenoxy) is 1. The summed E-state index contributed by atoms with van der Waals surface area (Å²) in [4.78, 5) is 44.7. The second kappa shape index (κ2) is 8.39. The Labute approximate surface area is 123 Å². The minimum absolute atomic E-state index is 0.199. The van der Waals surface area contributed by atoms with Gasteiger partial charge in [0.05, 0.1) is 11.8 Å². The maximum absolute atomic E-state index is 11.8. The SMILES string of the molecule is CC(CC(=O)O)C(C)C(=O)OC(=O)C(C)C(C)CC(=O)O. The number of rotatable bonds is 8. The summed E-state index contributed by atoms with van der Waals surface area (Å²) in [6.07, 6.45) is -0.398. The van der Waals surface area contributed by atoms with Crippen LogP contribution in [0.5, 0.6) is 0 Å². The van der Waals surface area contributed by atoms with Crippen LogP contribution in [0.15, 0.2) is 0 Å². The van der Waals surface area contributed by atoms with Gasteiger partial charge < -0.3 is 14.9 Å². The minimum Gasteiger partial charge on any atom is -0.481 e. The second-order valence-corrected chi connectivity index (χ2v) is 5.47. The largest absolute Gasteiger partial charge is 0.481 e. The first-order valence-corrected chi connectivity index (χ1v) is 6.75. The topological polar surface area (TPSA) is 118 Å². The Morgan fingerprint density at radius 2 is 1.05 bits per heavy atom. The number of aliphatic carboxylic acids is 2. The average Bonchev–Trinajstić information content (AvgIpc) is 2.34. The number of carbonyl (C=O) groups excluding carboxylic acids is 2.